The quantitative estimate of drug-likeness (QED) is 0.676. The molecule has 0 saturated carbocycles. The number of fused-ring (bicyclic) bond motifs is 1. The van der Waals surface area contributed by atoms with Gasteiger partial charge in [-0.2, -0.15) is 4.31 Å². The van der Waals surface area contributed by atoms with E-state index in [9.17, 15) is 12.8 Å². The Balaban J connectivity index is 1.83. The fraction of sp³-hybridized carbons (Fsp3) is 0.158. The van der Waals surface area contributed by atoms with Crippen molar-refractivity contribution in [2.45, 2.75) is 17.5 Å². The molecule has 0 fully saturated rings. The third kappa shape index (κ3) is 2.94. The molecule has 0 spiro atoms. The molecular weight excluding hydrogens is 375 g/mol. The van der Waals surface area contributed by atoms with Crippen molar-refractivity contribution < 1.29 is 12.8 Å². The van der Waals surface area contributed by atoms with Crippen molar-refractivity contribution in [1.82, 2.24) is 8.87 Å². The lowest BCUT2D eigenvalue weighted by Gasteiger charge is -2.36. The summed E-state index contributed by atoms with van der Waals surface area (Å²) < 4.78 is 43.2. The van der Waals surface area contributed by atoms with Gasteiger partial charge < -0.3 is 4.57 Å². The summed E-state index contributed by atoms with van der Waals surface area (Å²) in [6.07, 6.45) is 1.94. The average Bonchev–Trinajstić information content (AvgIpc) is 3.11. The van der Waals surface area contributed by atoms with Gasteiger partial charge in [0.05, 0.1) is 10.9 Å². The molecule has 2 heterocycles. The third-order valence-corrected chi connectivity index (χ3v) is 6.73. The topological polar surface area (TPSA) is 42.3 Å². The van der Waals surface area contributed by atoms with Gasteiger partial charge in [0.25, 0.3) is 0 Å². The Bertz CT molecular complexity index is 1030. The minimum Gasteiger partial charge on any atom is -0.348 e. The molecule has 1 atom stereocenters. The molecule has 4 nitrogen and oxygen atoms in total. The van der Waals surface area contributed by atoms with Gasteiger partial charge in [0, 0.05) is 30.0 Å². The molecule has 26 heavy (non-hydrogen) atoms. The average molecular weight is 391 g/mol. The van der Waals surface area contributed by atoms with Crippen molar-refractivity contribution in [3.05, 3.63) is 89.0 Å². The number of benzene rings is 2. The molecule has 2 aromatic carbocycles. The molecule has 0 aliphatic carbocycles. The van der Waals surface area contributed by atoms with Crippen molar-refractivity contribution in [1.29, 1.82) is 0 Å². The van der Waals surface area contributed by atoms with Crippen LogP contribution in [-0.4, -0.2) is 23.8 Å². The van der Waals surface area contributed by atoms with Gasteiger partial charge in [0.15, 0.2) is 0 Å². The predicted molar refractivity (Wildman–Crippen MR) is 98.0 cm³/mol. The zero-order valence-corrected chi connectivity index (χ0v) is 15.3. The van der Waals surface area contributed by atoms with Crippen LogP contribution < -0.4 is 0 Å². The second-order valence-corrected chi connectivity index (χ2v) is 8.48. The molecule has 1 aliphatic rings. The monoisotopic (exact) mass is 390 g/mol. The lowest BCUT2D eigenvalue weighted by Crippen LogP contribution is -2.42. The minimum atomic E-state index is -3.79. The van der Waals surface area contributed by atoms with Crippen molar-refractivity contribution in [2.75, 3.05) is 6.54 Å². The zero-order chi connectivity index (χ0) is 18.3. The highest BCUT2D eigenvalue weighted by Crippen LogP contribution is 2.36. The van der Waals surface area contributed by atoms with Crippen LogP contribution in [0.4, 0.5) is 4.39 Å². The Morgan fingerprint density at radius 3 is 2.35 bits per heavy atom. The van der Waals surface area contributed by atoms with E-state index in [1.165, 1.54) is 16.4 Å². The predicted octanol–water partition coefficient (Wildman–Crippen LogP) is 4.07. The van der Waals surface area contributed by atoms with Crippen molar-refractivity contribution in [3.63, 3.8) is 0 Å². The molecule has 0 unspecified atom stereocenters. The number of hydrogen-bond donors (Lipinski definition) is 0. The van der Waals surface area contributed by atoms with E-state index in [2.05, 4.69) is 4.57 Å². The van der Waals surface area contributed by atoms with Crippen molar-refractivity contribution in [2.24, 2.45) is 0 Å². The molecule has 3 aromatic rings. The van der Waals surface area contributed by atoms with Gasteiger partial charge in [-0.15, -0.1) is 0 Å². The number of aromatic nitrogens is 1. The van der Waals surface area contributed by atoms with Crippen LogP contribution >= 0.6 is 11.6 Å². The Morgan fingerprint density at radius 1 is 0.962 bits per heavy atom. The molecule has 1 aromatic heterocycles. The molecule has 134 valence electrons. The van der Waals surface area contributed by atoms with Gasteiger partial charge in [0.1, 0.15) is 5.82 Å². The first-order chi connectivity index (χ1) is 12.5. The summed E-state index contributed by atoms with van der Waals surface area (Å²) in [6, 6.07) is 15.5. The molecule has 0 saturated heterocycles. The molecule has 1 aliphatic heterocycles. The highest BCUT2D eigenvalue weighted by Gasteiger charge is 2.37. The van der Waals surface area contributed by atoms with Crippen LogP contribution in [0, 0.1) is 5.82 Å². The minimum absolute atomic E-state index is 0.0814. The molecule has 0 amide bonds. The van der Waals surface area contributed by atoms with Crippen LogP contribution in [0.25, 0.3) is 0 Å². The molecule has 0 N–H and O–H groups in total. The molecule has 7 heteroatoms. The lowest BCUT2D eigenvalue weighted by molar-refractivity contribution is 0.298. The van der Waals surface area contributed by atoms with Crippen LogP contribution in [-0.2, 0) is 16.6 Å². The Morgan fingerprint density at radius 2 is 1.65 bits per heavy atom. The highest BCUT2D eigenvalue weighted by molar-refractivity contribution is 7.89. The summed E-state index contributed by atoms with van der Waals surface area (Å²) in [7, 11) is -3.79. The number of hydrogen-bond acceptors (Lipinski definition) is 2. The van der Waals surface area contributed by atoms with E-state index in [1.54, 1.807) is 12.1 Å². The van der Waals surface area contributed by atoms with Crippen LogP contribution in [0.2, 0.25) is 5.02 Å². The zero-order valence-electron chi connectivity index (χ0n) is 13.7. The maximum absolute atomic E-state index is 13.2. The second kappa shape index (κ2) is 6.54. The van der Waals surface area contributed by atoms with Crippen LogP contribution in [0.5, 0.6) is 0 Å². The van der Waals surface area contributed by atoms with Gasteiger partial charge in [-0.05, 0) is 54.1 Å². The SMILES string of the molecule is O=S(=O)(c1ccc(F)cc1)N1CCn2cccc2[C@H]1c1ccc(Cl)cc1. The first-order valence-corrected chi connectivity index (χ1v) is 9.96. The first-order valence-electron chi connectivity index (χ1n) is 8.15. The van der Waals surface area contributed by atoms with Gasteiger partial charge in [-0.3, -0.25) is 0 Å². The summed E-state index contributed by atoms with van der Waals surface area (Å²) in [5, 5.41) is 0.591. The Hall–Kier alpha value is -2.15. The second-order valence-electron chi connectivity index (χ2n) is 6.15. The first kappa shape index (κ1) is 17.3. The smallest absolute Gasteiger partial charge is 0.244 e. The third-order valence-electron chi connectivity index (χ3n) is 4.60. The van der Waals surface area contributed by atoms with Crippen molar-refractivity contribution >= 4 is 21.6 Å². The lowest BCUT2D eigenvalue weighted by atomic mass is 10.0. The van der Waals surface area contributed by atoms with Gasteiger partial charge in [-0.25, -0.2) is 12.8 Å². The number of sulfonamides is 1. The number of halogens is 2. The van der Waals surface area contributed by atoms with E-state index in [4.69, 9.17) is 11.6 Å². The standard InChI is InChI=1S/C19H16ClFN2O2S/c20-15-5-3-14(4-6-15)19-18-2-1-11-22(18)12-13-23(19)26(24,25)17-9-7-16(21)8-10-17/h1-11,19H,12-13H2/t19-/m1/s1. The normalized spacial score (nSPS) is 17.8. The molecular formula is C19H16ClFN2O2S. The van der Waals surface area contributed by atoms with E-state index in [-0.39, 0.29) is 4.90 Å². The van der Waals surface area contributed by atoms with Gasteiger partial charge in [0.2, 0.25) is 10.0 Å². The Kier molecular flexibility index (Phi) is 4.34. The van der Waals surface area contributed by atoms with E-state index in [0.29, 0.717) is 18.1 Å². The summed E-state index contributed by atoms with van der Waals surface area (Å²) >= 11 is 5.99. The maximum Gasteiger partial charge on any atom is 0.244 e. The maximum atomic E-state index is 13.2. The van der Waals surface area contributed by atoms with Crippen LogP contribution in [0.15, 0.2) is 71.8 Å². The van der Waals surface area contributed by atoms with Gasteiger partial charge in [-0.1, -0.05) is 23.7 Å². The summed E-state index contributed by atoms with van der Waals surface area (Å²) in [6.45, 7) is 0.890. The van der Waals surface area contributed by atoms with E-state index < -0.39 is 21.9 Å². The summed E-state index contributed by atoms with van der Waals surface area (Å²) in [5.41, 5.74) is 1.73. The summed E-state index contributed by atoms with van der Waals surface area (Å²) in [4.78, 5) is 0.0814. The fourth-order valence-electron chi connectivity index (χ4n) is 3.35. The highest BCUT2D eigenvalue weighted by atomic mass is 35.5. The molecule has 4 rings (SSSR count). The largest absolute Gasteiger partial charge is 0.348 e. The van der Waals surface area contributed by atoms with E-state index in [1.807, 2.05) is 30.5 Å². The van der Waals surface area contributed by atoms with E-state index >= 15 is 0 Å². The Labute approximate surface area is 156 Å². The van der Waals surface area contributed by atoms with Gasteiger partial charge >= 0.3 is 0 Å². The summed E-state index contributed by atoms with van der Waals surface area (Å²) in [5.74, 6) is -0.467. The van der Waals surface area contributed by atoms with Crippen LogP contribution in [0.1, 0.15) is 17.3 Å². The molecule has 0 radical (unpaired) electrons. The van der Waals surface area contributed by atoms with Crippen LogP contribution in [0.3, 0.4) is 0 Å². The van der Waals surface area contributed by atoms with Crippen molar-refractivity contribution in [3.8, 4) is 0 Å². The number of nitrogens with zero attached hydrogens (tertiary/aromatic N) is 2. The molecule has 0 bridgehead atoms. The fourth-order valence-corrected chi connectivity index (χ4v) is 5.05. The van der Waals surface area contributed by atoms with E-state index in [0.717, 1.165) is 23.4 Å². The number of rotatable bonds is 3.